The first-order valence-corrected chi connectivity index (χ1v) is 22.5. The minimum Gasteiger partial charge on any atom is -0.376 e. The Morgan fingerprint density at radius 3 is 1.88 bits per heavy atom. The van der Waals surface area contributed by atoms with Crippen molar-refractivity contribution < 1.29 is 4.74 Å². The number of unbranched alkanes of at least 4 members (excludes halogenated alkanes) is 3. The third kappa shape index (κ3) is 6.94. The number of benzene rings is 4. The van der Waals surface area contributed by atoms with Crippen LogP contribution >= 0.6 is 10.0 Å². The van der Waals surface area contributed by atoms with Gasteiger partial charge in [0.15, 0.2) is 0 Å². The zero-order valence-corrected chi connectivity index (χ0v) is 32.4. The average molecular weight is 688 g/mol. The Morgan fingerprint density at radius 1 is 0.660 bits per heavy atom. The van der Waals surface area contributed by atoms with Crippen LogP contribution in [0.25, 0.3) is 0 Å². The molecule has 5 unspecified atom stereocenters. The lowest BCUT2D eigenvalue weighted by Gasteiger charge is -2.48. The van der Waals surface area contributed by atoms with E-state index in [1.165, 1.54) is 68.2 Å². The number of ether oxygens (including phenoxy) is 1. The van der Waals surface area contributed by atoms with Gasteiger partial charge in [-0.1, -0.05) is 135 Å². The van der Waals surface area contributed by atoms with Crippen LogP contribution in [0.15, 0.2) is 109 Å². The summed E-state index contributed by atoms with van der Waals surface area (Å²) in [5.41, 5.74) is 9.02. The fraction of sp³-hybridized carbons (Fsp3) is 0.489. The number of hydrogen-bond donors (Lipinski definition) is 0. The number of hydrogen-bond acceptors (Lipinski definition) is 2. The molecule has 5 atom stereocenters. The second-order valence-corrected chi connectivity index (χ2v) is 21.9. The normalized spacial score (nSPS) is 23.5. The summed E-state index contributed by atoms with van der Waals surface area (Å²) in [6.07, 6.45) is 17.9. The van der Waals surface area contributed by atoms with Crippen LogP contribution in [0.5, 0.6) is 0 Å². The van der Waals surface area contributed by atoms with Crippen molar-refractivity contribution in [3.05, 3.63) is 137 Å². The zero-order valence-electron chi connectivity index (χ0n) is 31.6. The molecule has 7 rings (SSSR count). The molecule has 1 saturated carbocycles. The van der Waals surface area contributed by atoms with Gasteiger partial charge in [0, 0.05) is 35.4 Å². The lowest BCUT2D eigenvalue weighted by molar-refractivity contribution is -0.00476. The molecule has 0 saturated heterocycles. The Kier molecular flexibility index (Phi) is 10.3. The highest BCUT2D eigenvalue weighted by Crippen LogP contribution is 2.70. The van der Waals surface area contributed by atoms with Gasteiger partial charge in [0.1, 0.15) is 0 Å². The van der Waals surface area contributed by atoms with Gasteiger partial charge in [0.05, 0.1) is 11.6 Å². The van der Waals surface area contributed by atoms with Crippen LogP contribution in [0.1, 0.15) is 118 Å². The molecule has 3 heteroatoms. The number of nitrogens with zero attached hydrogens (tertiary/aromatic N) is 1. The van der Waals surface area contributed by atoms with Gasteiger partial charge in [-0.3, -0.25) is 0 Å². The molecule has 4 aromatic rings. The summed E-state index contributed by atoms with van der Waals surface area (Å²) in [7, 11) is -0.776. The van der Waals surface area contributed by atoms with Crippen molar-refractivity contribution in [3.8, 4) is 0 Å². The van der Waals surface area contributed by atoms with E-state index in [2.05, 4.69) is 154 Å². The zero-order chi connectivity index (χ0) is 34.9. The Balaban J connectivity index is 1.29. The number of anilines is 1. The van der Waals surface area contributed by atoms with Gasteiger partial charge < -0.3 is 9.64 Å². The second-order valence-electron chi connectivity index (χ2n) is 17.5. The molecule has 0 bridgehead atoms. The lowest BCUT2D eigenvalue weighted by Crippen LogP contribution is -2.43. The van der Waals surface area contributed by atoms with Crippen LogP contribution < -0.4 is 4.90 Å². The van der Waals surface area contributed by atoms with Gasteiger partial charge in [-0.2, -0.15) is 0 Å². The van der Waals surface area contributed by atoms with E-state index in [0.29, 0.717) is 23.8 Å². The highest BCUT2D eigenvalue weighted by molar-refractivity contribution is 8.32. The quantitative estimate of drug-likeness (QED) is 0.130. The summed E-state index contributed by atoms with van der Waals surface area (Å²) in [4.78, 5) is 2.83. The van der Waals surface area contributed by atoms with E-state index in [1.807, 2.05) is 0 Å². The van der Waals surface area contributed by atoms with E-state index in [1.54, 1.807) is 16.7 Å². The number of para-hydroxylation sites is 1. The van der Waals surface area contributed by atoms with Crippen molar-refractivity contribution >= 4 is 15.7 Å². The summed E-state index contributed by atoms with van der Waals surface area (Å²) in [5, 5.41) is 0. The van der Waals surface area contributed by atoms with E-state index < -0.39 is 10.0 Å². The van der Waals surface area contributed by atoms with Crippen LogP contribution in [0.2, 0.25) is 0 Å². The van der Waals surface area contributed by atoms with E-state index in [0.717, 1.165) is 18.4 Å². The van der Waals surface area contributed by atoms with Crippen molar-refractivity contribution in [2.45, 2.75) is 101 Å². The first-order chi connectivity index (χ1) is 24.1. The van der Waals surface area contributed by atoms with Crippen LogP contribution in [-0.2, 0) is 10.2 Å². The third-order valence-corrected chi connectivity index (χ3v) is 13.1. The summed E-state index contributed by atoms with van der Waals surface area (Å²) >= 11 is 0. The van der Waals surface area contributed by atoms with E-state index in [4.69, 9.17) is 4.74 Å². The molecule has 266 valence electrons. The Labute approximate surface area is 305 Å². The molecule has 0 spiro atoms. The summed E-state index contributed by atoms with van der Waals surface area (Å²) in [5.74, 6) is 3.25. The maximum Gasteiger partial charge on any atom is 0.0628 e. The summed E-state index contributed by atoms with van der Waals surface area (Å²) in [6, 6.07) is 43.0. The Hall–Kier alpha value is -3.01. The molecule has 1 aliphatic heterocycles. The first kappa shape index (κ1) is 35.4. The fourth-order valence-corrected chi connectivity index (χ4v) is 11.5. The fourth-order valence-electron chi connectivity index (χ4n) is 10.3. The van der Waals surface area contributed by atoms with E-state index in [-0.39, 0.29) is 11.0 Å². The molecule has 2 aliphatic carbocycles. The van der Waals surface area contributed by atoms with Crippen molar-refractivity contribution in [3.63, 3.8) is 0 Å². The van der Waals surface area contributed by atoms with Gasteiger partial charge in [-0.25, -0.2) is 10.0 Å². The van der Waals surface area contributed by atoms with Crippen molar-refractivity contribution in [1.82, 2.24) is 0 Å². The molecule has 3 aliphatic rings. The minimum absolute atomic E-state index is 0.0325. The Morgan fingerprint density at radius 2 is 1.24 bits per heavy atom. The molecular formula is C47H61NOS. The maximum absolute atomic E-state index is 6.00. The van der Waals surface area contributed by atoms with Crippen molar-refractivity contribution in [2.75, 3.05) is 36.2 Å². The van der Waals surface area contributed by atoms with Gasteiger partial charge in [0.2, 0.25) is 0 Å². The van der Waals surface area contributed by atoms with Crippen molar-refractivity contribution in [2.24, 2.45) is 11.8 Å². The SMILES string of the molecule is CC(C)(C)OCCCCCCC1CCC(C(c2ccccc2)(c2ccccc2)C2c3ccccc3C3C2c2ccccc2N3CS(C)(C)C)C1. The van der Waals surface area contributed by atoms with E-state index in [9.17, 15) is 0 Å². The molecule has 1 heterocycles. The molecule has 2 nitrogen and oxygen atoms in total. The predicted molar refractivity (Wildman–Crippen MR) is 217 cm³/mol. The highest BCUT2D eigenvalue weighted by atomic mass is 32.3. The maximum atomic E-state index is 6.00. The predicted octanol–water partition coefficient (Wildman–Crippen LogP) is 12.2. The van der Waals surface area contributed by atoms with E-state index >= 15 is 0 Å². The van der Waals surface area contributed by atoms with Crippen LogP contribution in [0.3, 0.4) is 0 Å². The van der Waals surface area contributed by atoms with Gasteiger partial charge in [0.25, 0.3) is 0 Å². The average Bonchev–Trinajstić information content (AvgIpc) is 3.79. The highest BCUT2D eigenvalue weighted by Gasteiger charge is 2.60. The molecule has 1 fully saturated rings. The van der Waals surface area contributed by atoms with Gasteiger partial charge in [-0.05, 0) is 105 Å². The molecular weight excluding hydrogens is 627 g/mol. The Bertz CT molecular complexity index is 1660. The first-order valence-electron chi connectivity index (χ1n) is 19.4. The minimum atomic E-state index is -0.776. The second kappa shape index (κ2) is 14.5. The molecule has 50 heavy (non-hydrogen) atoms. The summed E-state index contributed by atoms with van der Waals surface area (Å²) in [6.45, 7) is 7.36. The van der Waals surface area contributed by atoms with Gasteiger partial charge >= 0.3 is 0 Å². The van der Waals surface area contributed by atoms with Crippen LogP contribution in [0.4, 0.5) is 5.69 Å². The standard InChI is InChI=1S/C47H61NOS/c1-46(2,3)49-32-20-8-7-11-21-35-30-31-38(33-35)47(36-22-12-9-13-23-36,37-24-14-10-15-25-37)44-39-26-16-17-27-40(39)45-43(44)41-28-18-19-29-42(41)48(45)34-50(4,5)6/h9-10,12-19,22-29,35,38,43-45H,7-8,11,20-21,30-34H2,1-6H3. The molecule has 0 aromatic heterocycles. The van der Waals surface area contributed by atoms with Crippen LogP contribution in [0, 0.1) is 11.8 Å². The number of rotatable bonds is 13. The number of fused-ring (bicyclic) bond motifs is 5. The smallest absolute Gasteiger partial charge is 0.0628 e. The van der Waals surface area contributed by atoms with Crippen LogP contribution in [-0.4, -0.2) is 36.9 Å². The monoisotopic (exact) mass is 687 g/mol. The molecule has 0 amide bonds. The molecule has 0 radical (unpaired) electrons. The third-order valence-electron chi connectivity index (χ3n) is 12.0. The van der Waals surface area contributed by atoms with Gasteiger partial charge in [-0.15, -0.1) is 0 Å². The largest absolute Gasteiger partial charge is 0.376 e. The topological polar surface area (TPSA) is 12.5 Å². The van der Waals surface area contributed by atoms with Crippen molar-refractivity contribution in [1.29, 1.82) is 0 Å². The summed E-state index contributed by atoms with van der Waals surface area (Å²) < 4.78 is 6.00. The molecule has 0 N–H and O–H groups in total. The lowest BCUT2D eigenvalue weighted by atomic mass is 9.54. The molecule has 4 aromatic carbocycles.